The number of morpholine rings is 1. The number of nitrogens with one attached hydrogen (secondary N) is 2. The van der Waals surface area contributed by atoms with Gasteiger partial charge in [-0.3, -0.25) is 9.88 Å². The molecule has 1 aromatic carbocycles. The molecule has 0 spiro atoms. The largest absolute Gasteiger partial charge is 0.379 e. The molecule has 0 radical (unpaired) electrons. The molecule has 6 rings (SSSR count). The highest BCUT2D eigenvalue weighted by molar-refractivity contribution is 6.12. The summed E-state index contributed by atoms with van der Waals surface area (Å²) in [4.78, 5) is 19.4. The highest BCUT2D eigenvalue weighted by Crippen LogP contribution is 2.34. The van der Waals surface area contributed by atoms with Crippen LogP contribution in [-0.2, 0) is 4.74 Å². The average molecular weight is 429 g/mol. The molecule has 2 aliphatic rings. The number of ether oxygens (including phenoxy) is 1. The lowest BCUT2D eigenvalue weighted by atomic mass is 9.90. The van der Waals surface area contributed by atoms with Gasteiger partial charge < -0.3 is 15.0 Å². The number of H-pyrrole nitrogens is 1. The SMILES string of the molecule is c1cc(-c2ccc3[nH]c4ncnc(NC5CCC(N6CCOCC6)CC5)c4c3c2)ccn1. The fourth-order valence-electron chi connectivity index (χ4n) is 5.28. The fraction of sp³-hybridized carbons (Fsp3) is 0.400. The van der Waals surface area contributed by atoms with Gasteiger partial charge in [-0.25, -0.2) is 9.97 Å². The van der Waals surface area contributed by atoms with E-state index in [9.17, 15) is 0 Å². The van der Waals surface area contributed by atoms with Gasteiger partial charge in [-0.05, 0) is 61.1 Å². The summed E-state index contributed by atoms with van der Waals surface area (Å²) in [6.07, 6.45) is 10.1. The van der Waals surface area contributed by atoms with Gasteiger partial charge in [-0.15, -0.1) is 0 Å². The second kappa shape index (κ2) is 8.48. The van der Waals surface area contributed by atoms with Gasteiger partial charge in [0.2, 0.25) is 0 Å². The summed E-state index contributed by atoms with van der Waals surface area (Å²) in [7, 11) is 0. The first kappa shape index (κ1) is 19.6. The topological polar surface area (TPSA) is 79.0 Å². The van der Waals surface area contributed by atoms with Crippen molar-refractivity contribution >= 4 is 27.8 Å². The molecule has 4 heterocycles. The molecule has 2 fully saturated rings. The van der Waals surface area contributed by atoms with E-state index in [4.69, 9.17) is 4.74 Å². The number of rotatable bonds is 4. The molecular formula is C25H28N6O. The third-order valence-electron chi connectivity index (χ3n) is 7.00. The standard InChI is InChI=1S/C25H28N6O/c1-6-22-21(15-18(1)17-7-9-26-10-8-17)23-24(27-16-28-25(23)30-22)29-19-2-4-20(5-3-19)31-11-13-32-14-12-31/h1,6-10,15-16,19-20H,2-5,11-14H2,(H2,27,28,29,30). The van der Waals surface area contributed by atoms with Crippen LogP contribution in [0.5, 0.6) is 0 Å². The van der Waals surface area contributed by atoms with E-state index in [1.54, 1.807) is 6.33 Å². The van der Waals surface area contributed by atoms with E-state index in [1.807, 2.05) is 24.5 Å². The lowest BCUT2D eigenvalue weighted by Crippen LogP contribution is -2.46. The highest BCUT2D eigenvalue weighted by atomic mass is 16.5. The van der Waals surface area contributed by atoms with Crippen molar-refractivity contribution < 1.29 is 4.74 Å². The number of hydrogen-bond donors (Lipinski definition) is 2. The Hall–Kier alpha value is -3.03. The number of aromatic nitrogens is 4. The Morgan fingerprint density at radius 2 is 1.75 bits per heavy atom. The normalized spacial score (nSPS) is 22.4. The van der Waals surface area contributed by atoms with Crippen molar-refractivity contribution in [2.45, 2.75) is 37.8 Å². The molecular weight excluding hydrogens is 400 g/mol. The van der Waals surface area contributed by atoms with E-state index in [-0.39, 0.29) is 0 Å². The monoisotopic (exact) mass is 428 g/mol. The molecule has 4 aromatic rings. The van der Waals surface area contributed by atoms with Crippen LogP contribution < -0.4 is 5.32 Å². The highest BCUT2D eigenvalue weighted by Gasteiger charge is 2.27. The first-order valence-corrected chi connectivity index (χ1v) is 11.6. The van der Waals surface area contributed by atoms with Gasteiger partial charge in [0.25, 0.3) is 0 Å². The van der Waals surface area contributed by atoms with E-state index in [0.29, 0.717) is 12.1 Å². The van der Waals surface area contributed by atoms with E-state index in [0.717, 1.165) is 72.5 Å². The van der Waals surface area contributed by atoms with E-state index in [2.05, 4.69) is 48.4 Å². The first-order valence-electron chi connectivity index (χ1n) is 11.6. The Balaban J connectivity index is 1.26. The van der Waals surface area contributed by atoms with Crippen LogP contribution in [0.3, 0.4) is 0 Å². The van der Waals surface area contributed by atoms with E-state index < -0.39 is 0 Å². The van der Waals surface area contributed by atoms with Crippen LogP contribution in [-0.4, -0.2) is 63.2 Å². The quantitative estimate of drug-likeness (QED) is 0.506. The molecule has 0 bridgehead atoms. The number of anilines is 1. The number of nitrogens with zero attached hydrogens (tertiary/aromatic N) is 4. The van der Waals surface area contributed by atoms with Crippen LogP contribution in [0.15, 0.2) is 49.1 Å². The zero-order chi connectivity index (χ0) is 21.3. The van der Waals surface area contributed by atoms with Crippen molar-refractivity contribution in [2.24, 2.45) is 0 Å². The molecule has 7 nitrogen and oxygen atoms in total. The van der Waals surface area contributed by atoms with E-state index in [1.165, 1.54) is 18.4 Å². The maximum Gasteiger partial charge on any atom is 0.143 e. The number of hydrogen-bond acceptors (Lipinski definition) is 6. The van der Waals surface area contributed by atoms with Gasteiger partial charge in [-0.1, -0.05) is 6.07 Å². The molecule has 1 aliphatic carbocycles. The van der Waals surface area contributed by atoms with E-state index >= 15 is 0 Å². The smallest absolute Gasteiger partial charge is 0.143 e. The van der Waals surface area contributed by atoms with Gasteiger partial charge in [0, 0.05) is 48.5 Å². The van der Waals surface area contributed by atoms with Crippen molar-refractivity contribution in [3.8, 4) is 11.1 Å². The maximum atomic E-state index is 5.52. The number of aromatic amines is 1. The second-order valence-corrected chi connectivity index (χ2v) is 8.87. The number of fused-ring (bicyclic) bond motifs is 3. The molecule has 0 amide bonds. The van der Waals surface area contributed by atoms with Crippen LogP contribution in [0.2, 0.25) is 0 Å². The Morgan fingerprint density at radius 1 is 0.938 bits per heavy atom. The molecule has 1 saturated carbocycles. The van der Waals surface area contributed by atoms with Crippen LogP contribution in [0.25, 0.3) is 33.1 Å². The van der Waals surface area contributed by atoms with Gasteiger partial charge in [0.1, 0.15) is 17.8 Å². The summed E-state index contributed by atoms with van der Waals surface area (Å²) in [5, 5.41) is 5.99. The summed E-state index contributed by atoms with van der Waals surface area (Å²) in [5.41, 5.74) is 4.29. The predicted octanol–water partition coefficient (Wildman–Crippen LogP) is 4.23. The summed E-state index contributed by atoms with van der Waals surface area (Å²) >= 11 is 0. The summed E-state index contributed by atoms with van der Waals surface area (Å²) in [5.74, 6) is 0.933. The lowest BCUT2D eigenvalue weighted by molar-refractivity contribution is 0.00791. The molecule has 7 heteroatoms. The molecule has 164 valence electrons. The van der Waals surface area contributed by atoms with Crippen molar-refractivity contribution in [3.05, 3.63) is 49.1 Å². The molecule has 1 saturated heterocycles. The summed E-state index contributed by atoms with van der Waals surface area (Å²) in [6, 6.07) is 11.7. The Morgan fingerprint density at radius 3 is 2.56 bits per heavy atom. The van der Waals surface area contributed by atoms with Crippen molar-refractivity contribution in [3.63, 3.8) is 0 Å². The predicted molar refractivity (Wildman–Crippen MR) is 127 cm³/mol. The number of benzene rings is 1. The van der Waals surface area contributed by atoms with Crippen LogP contribution in [0, 0.1) is 0 Å². The summed E-state index contributed by atoms with van der Waals surface area (Å²) in [6.45, 7) is 3.90. The van der Waals surface area contributed by atoms with Gasteiger partial charge in [0.05, 0.1) is 18.6 Å². The van der Waals surface area contributed by atoms with Crippen LogP contribution >= 0.6 is 0 Å². The van der Waals surface area contributed by atoms with Crippen molar-refractivity contribution in [2.75, 3.05) is 31.6 Å². The molecule has 32 heavy (non-hydrogen) atoms. The average Bonchev–Trinajstić information content (AvgIpc) is 3.24. The maximum absolute atomic E-state index is 5.52. The van der Waals surface area contributed by atoms with Crippen molar-refractivity contribution in [1.29, 1.82) is 0 Å². The summed E-state index contributed by atoms with van der Waals surface area (Å²) < 4.78 is 5.52. The Bertz CT molecular complexity index is 1210. The fourth-order valence-corrected chi connectivity index (χ4v) is 5.28. The zero-order valence-corrected chi connectivity index (χ0v) is 18.1. The first-order chi connectivity index (χ1) is 15.8. The molecule has 0 atom stereocenters. The van der Waals surface area contributed by atoms with Gasteiger partial charge >= 0.3 is 0 Å². The van der Waals surface area contributed by atoms with Gasteiger partial charge in [0.15, 0.2) is 0 Å². The lowest BCUT2D eigenvalue weighted by Gasteiger charge is -2.39. The minimum Gasteiger partial charge on any atom is -0.379 e. The molecule has 1 aliphatic heterocycles. The molecule has 3 aromatic heterocycles. The minimum atomic E-state index is 0.443. The van der Waals surface area contributed by atoms with Crippen LogP contribution in [0.1, 0.15) is 25.7 Å². The van der Waals surface area contributed by atoms with Gasteiger partial charge in [-0.2, -0.15) is 0 Å². The van der Waals surface area contributed by atoms with Crippen molar-refractivity contribution in [1.82, 2.24) is 24.8 Å². The third-order valence-corrected chi connectivity index (χ3v) is 7.00. The Kier molecular flexibility index (Phi) is 5.21. The molecule has 2 N–H and O–H groups in total. The zero-order valence-electron chi connectivity index (χ0n) is 18.1. The third kappa shape index (κ3) is 3.72. The molecule has 0 unspecified atom stereocenters. The number of pyridine rings is 1. The Labute approximate surface area is 187 Å². The minimum absolute atomic E-state index is 0.443. The second-order valence-electron chi connectivity index (χ2n) is 8.87. The van der Waals surface area contributed by atoms with Crippen LogP contribution in [0.4, 0.5) is 5.82 Å².